The Bertz CT molecular complexity index is 782. The van der Waals surface area contributed by atoms with Crippen LogP contribution < -0.4 is 10.1 Å². The first-order valence-corrected chi connectivity index (χ1v) is 11.9. The zero-order chi connectivity index (χ0) is 23.1. The summed E-state index contributed by atoms with van der Waals surface area (Å²) in [7, 11) is 1.57. The standard InChI is InChI=1S/C25H37NO6/c1-3-4-5-8-18(32-25(30)26-2)10-11-19-20-12-16-7-6-9-23(31-15-24(28)29)21(16)13-17(20)14-22(19)27/h6-7,9,17-20,22,27H,3-5,8,10-15H2,1-2H3,(H,26,30)(H,28,29)/t17-,18-,19+,20-,22+/m0/s1. The lowest BCUT2D eigenvalue weighted by atomic mass is 9.73. The molecule has 0 saturated heterocycles. The Morgan fingerprint density at radius 1 is 1.22 bits per heavy atom. The summed E-state index contributed by atoms with van der Waals surface area (Å²) in [5, 5.41) is 22.4. The van der Waals surface area contributed by atoms with Gasteiger partial charge in [0.1, 0.15) is 11.9 Å². The van der Waals surface area contributed by atoms with Gasteiger partial charge in [0.2, 0.25) is 0 Å². The van der Waals surface area contributed by atoms with E-state index in [-0.39, 0.29) is 24.7 Å². The maximum absolute atomic E-state index is 11.8. The number of rotatable bonds is 11. The third-order valence-corrected chi connectivity index (χ3v) is 7.13. The number of hydrogen-bond acceptors (Lipinski definition) is 5. The van der Waals surface area contributed by atoms with Crippen LogP contribution in [0.4, 0.5) is 4.79 Å². The largest absolute Gasteiger partial charge is 0.482 e. The van der Waals surface area contributed by atoms with Gasteiger partial charge in [-0.2, -0.15) is 0 Å². The molecule has 1 saturated carbocycles. The number of carbonyl (C=O) groups is 2. The van der Waals surface area contributed by atoms with Gasteiger partial charge in [-0.15, -0.1) is 0 Å². The molecule has 5 atom stereocenters. The third-order valence-electron chi connectivity index (χ3n) is 7.13. The number of unbranched alkanes of at least 4 members (excludes halogenated alkanes) is 2. The molecule has 32 heavy (non-hydrogen) atoms. The van der Waals surface area contributed by atoms with Crippen molar-refractivity contribution in [3.05, 3.63) is 29.3 Å². The van der Waals surface area contributed by atoms with E-state index in [0.717, 1.165) is 63.4 Å². The van der Waals surface area contributed by atoms with Crippen molar-refractivity contribution < 1.29 is 29.3 Å². The van der Waals surface area contributed by atoms with E-state index < -0.39 is 12.1 Å². The summed E-state index contributed by atoms with van der Waals surface area (Å²) in [6, 6.07) is 5.84. The Morgan fingerprint density at radius 3 is 2.75 bits per heavy atom. The number of alkyl carbamates (subject to hydrolysis) is 1. The summed E-state index contributed by atoms with van der Waals surface area (Å²) in [4.78, 5) is 22.7. The van der Waals surface area contributed by atoms with Crippen LogP contribution in [0.15, 0.2) is 18.2 Å². The minimum Gasteiger partial charge on any atom is -0.482 e. The summed E-state index contributed by atoms with van der Waals surface area (Å²) in [6.45, 7) is 1.81. The molecule has 2 aliphatic carbocycles. The highest BCUT2D eigenvalue weighted by atomic mass is 16.6. The van der Waals surface area contributed by atoms with E-state index in [1.807, 2.05) is 12.1 Å². The van der Waals surface area contributed by atoms with Crippen molar-refractivity contribution in [1.29, 1.82) is 0 Å². The molecule has 2 aliphatic rings. The van der Waals surface area contributed by atoms with Gasteiger partial charge in [0.25, 0.3) is 0 Å². The number of ether oxygens (including phenoxy) is 2. The van der Waals surface area contributed by atoms with Crippen LogP contribution in [0.2, 0.25) is 0 Å². The molecule has 0 aromatic heterocycles. The van der Waals surface area contributed by atoms with Crippen molar-refractivity contribution in [2.45, 2.75) is 76.9 Å². The molecule has 0 radical (unpaired) electrons. The van der Waals surface area contributed by atoms with Gasteiger partial charge in [0.15, 0.2) is 6.61 Å². The monoisotopic (exact) mass is 447 g/mol. The highest BCUT2D eigenvalue weighted by molar-refractivity contribution is 5.68. The summed E-state index contributed by atoms with van der Waals surface area (Å²) in [6.07, 6.45) is 7.25. The molecular formula is C25H37NO6. The Kier molecular flexibility index (Phi) is 8.79. The van der Waals surface area contributed by atoms with Crippen LogP contribution >= 0.6 is 0 Å². The zero-order valence-electron chi connectivity index (χ0n) is 19.2. The van der Waals surface area contributed by atoms with Crippen molar-refractivity contribution in [1.82, 2.24) is 5.32 Å². The molecule has 3 N–H and O–H groups in total. The first kappa shape index (κ1) is 24.4. The van der Waals surface area contributed by atoms with Crippen molar-refractivity contribution in [2.24, 2.45) is 17.8 Å². The lowest BCUT2D eigenvalue weighted by molar-refractivity contribution is -0.139. The lowest BCUT2D eigenvalue weighted by Crippen LogP contribution is -2.30. The summed E-state index contributed by atoms with van der Waals surface area (Å²) >= 11 is 0. The van der Waals surface area contributed by atoms with Crippen molar-refractivity contribution in [2.75, 3.05) is 13.7 Å². The molecule has 3 rings (SSSR count). The summed E-state index contributed by atoms with van der Waals surface area (Å²) in [5.74, 6) is 0.578. The van der Waals surface area contributed by atoms with E-state index in [2.05, 4.69) is 18.3 Å². The number of aliphatic hydroxyl groups excluding tert-OH is 1. The number of amides is 1. The predicted octanol–water partition coefficient (Wildman–Crippen LogP) is 3.95. The fourth-order valence-electron chi connectivity index (χ4n) is 5.55. The van der Waals surface area contributed by atoms with E-state index in [1.54, 1.807) is 7.05 Å². The molecule has 1 aromatic rings. The van der Waals surface area contributed by atoms with E-state index in [9.17, 15) is 14.7 Å². The smallest absolute Gasteiger partial charge is 0.407 e. The second kappa shape index (κ2) is 11.5. The second-order valence-corrected chi connectivity index (χ2v) is 9.23. The van der Waals surface area contributed by atoms with Crippen molar-refractivity contribution in [3.63, 3.8) is 0 Å². The number of aliphatic hydroxyl groups is 1. The molecule has 7 nitrogen and oxygen atoms in total. The predicted molar refractivity (Wildman–Crippen MR) is 121 cm³/mol. The number of benzene rings is 1. The van der Waals surface area contributed by atoms with Gasteiger partial charge in [-0.1, -0.05) is 31.9 Å². The number of nitrogens with one attached hydrogen (secondary N) is 1. The van der Waals surface area contributed by atoms with Gasteiger partial charge in [-0.3, -0.25) is 0 Å². The van der Waals surface area contributed by atoms with Crippen molar-refractivity contribution in [3.8, 4) is 5.75 Å². The Labute approximate surface area is 190 Å². The highest BCUT2D eigenvalue weighted by Gasteiger charge is 2.45. The second-order valence-electron chi connectivity index (χ2n) is 9.23. The fourth-order valence-corrected chi connectivity index (χ4v) is 5.55. The summed E-state index contributed by atoms with van der Waals surface area (Å²) < 4.78 is 11.1. The van der Waals surface area contributed by atoms with Crippen LogP contribution in [0.25, 0.3) is 0 Å². The molecule has 0 unspecified atom stereocenters. The quantitative estimate of drug-likeness (QED) is 0.444. The van der Waals surface area contributed by atoms with Crippen LogP contribution in [0.5, 0.6) is 5.75 Å². The maximum Gasteiger partial charge on any atom is 0.407 e. The molecule has 0 spiro atoms. The lowest BCUT2D eigenvalue weighted by Gasteiger charge is -2.32. The van der Waals surface area contributed by atoms with Crippen LogP contribution in [0, 0.1) is 17.8 Å². The van der Waals surface area contributed by atoms with Crippen LogP contribution in [0.3, 0.4) is 0 Å². The highest BCUT2D eigenvalue weighted by Crippen LogP contribution is 2.48. The van der Waals surface area contributed by atoms with E-state index in [0.29, 0.717) is 17.6 Å². The number of fused-ring (bicyclic) bond motifs is 2. The third kappa shape index (κ3) is 6.15. The molecular weight excluding hydrogens is 410 g/mol. The Balaban J connectivity index is 1.65. The zero-order valence-corrected chi connectivity index (χ0v) is 19.2. The normalized spacial score (nSPS) is 24.8. The fraction of sp³-hybridized carbons (Fsp3) is 0.680. The van der Waals surface area contributed by atoms with Crippen LogP contribution in [0.1, 0.15) is 63.0 Å². The van der Waals surface area contributed by atoms with Crippen molar-refractivity contribution >= 4 is 12.1 Å². The van der Waals surface area contributed by atoms with Gasteiger partial charge in [-0.05, 0) is 79.9 Å². The number of hydrogen-bond donors (Lipinski definition) is 3. The van der Waals surface area contributed by atoms with Gasteiger partial charge < -0.3 is 25.0 Å². The molecule has 1 aromatic carbocycles. The van der Waals surface area contributed by atoms with Gasteiger partial charge in [0.05, 0.1) is 6.10 Å². The Morgan fingerprint density at radius 2 is 2.03 bits per heavy atom. The average molecular weight is 448 g/mol. The molecule has 0 aliphatic heterocycles. The minimum atomic E-state index is -0.986. The van der Waals surface area contributed by atoms with E-state index in [4.69, 9.17) is 14.6 Å². The number of aliphatic carboxylic acids is 1. The molecule has 0 heterocycles. The average Bonchev–Trinajstić information content (AvgIpc) is 3.08. The van der Waals surface area contributed by atoms with Gasteiger partial charge >= 0.3 is 12.1 Å². The molecule has 178 valence electrons. The van der Waals surface area contributed by atoms with E-state index >= 15 is 0 Å². The van der Waals surface area contributed by atoms with Gasteiger partial charge in [-0.25, -0.2) is 9.59 Å². The van der Waals surface area contributed by atoms with Gasteiger partial charge in [0, 0.05) is 7.05 Å². The summed E-state index contributed by atoms with van der Waals surface area (Å²) in [5.41, 5.74) is 2.28. The maximum atomic E-state index is 11.8. The molecule has 0 bridgehead atoms. The SMILES string of the molecule is CCCCC[C@@H](CC[C@@H]1[C@H]2Cc3cccc(OCC(=O)O)c3C[C@H]2C[C@H]1O)OC(=O)NC. The van der Waals surface area contributed by atoms with Crippen LogP contribution in [-0.2, 0) is 22.4 Å². The topological polar surface area (TPSA) is 105 Å². The van der Waals surface area contributed by atoms with E-state index in [1.165, 1.54) is 5.56 Å². The van der Waals surface area contributed by atoms with Crippen LogP contribution in [-0.4, -0.2) is 48.1 Å². The first-order chi connectivity index (χ1) is 15.4. The number of carboxylic acids is 1. The first-order valence-electron chi connectivity index (χ1n) is 11.9. The molecule has 7 heteroatoms. The number of carbonyl (C=O) groups excluding carboxylic acids is 1. The minimum absolute atomic E-state index is 0.125. The molecule has 1 amide bonds. The number of carboxylic acid groups (broad SMARTS) is 1. The Hall–Kier alpha value is -2.28. The molecule has 1 fully saturated rings.